The van der Waals surface area contributed by atoms with Gasteiger partial charge in [-0.25, -0.2) is 0 Å². The molecule has 7 rings (SSSR count). The Morgan fingerprint density at radius 2 is 1.85 bits per heavy atom. The molecule has 6 bridgehead atoms. The maximum absolute atomic E-state index is 13.6. The lowest BCUT2D eigenvalue weighted by Crippen LogP contribution is -2.45. The molecule has 2 aromatic carbocycles. The molecule has 3 amide bonds. The van der Waals surface area contributed by atoms with Crippen molar-refractivity contribution in [1.82, 2.24) is 30.3 Å². The molecule has 0 radical (unpaired) electrons. The lowest BCUT2D eigenvalue weighted by atomic mass is 10.1. The highest BCUT2D eigenvalue weighted by molar-refractivity contribution is 5.95. The molecule has 1 fully saturated rings. The number of fused-ring (bicyclic) bond motifs is 7. The molecule has 2 aromatic heterocycles. The molecule has 0 unspecified atom stereocenters. The zero-order valence-electron chi connectivity index (χ0n) is 26.0. The zero-order chi connectivity index (χ0) is 32.2. The first-order valence-corrected chi connectivity index (χ1v) is 15.1. The number of aromatic nitrogens is 3. The number of rotatable bonds is 4. The van der Waals surface area contributed by atoms with Crippen LogP contribution >= 0.6 is 0 Å². The number of carbonyl (C=O) groups excluding carboxylic acids is 3. The van der Waals surface area contributed by atoms with Gasteiger partial charge in [0.15, 0.2) is 6.61 Å². The van der Waals surface area contributed by atoms with E-state index in [0.29, 0.717) is 34.9 Å². The van der Waals surface area contributed by atoms with Gasteiger partial charge in [-0.15, -0.1) is 0 Å². The quantitative estimate of drug-likeness (QED) is 0.354. The van der Waals surface area contributed by atoms with E-state index < -0.39 is 12.1 Å². The fourth-order valence-corrected chi connectivity index (χ4v) is 5.75. The number of likely N-dealkylation sites (tertiary alicyclic amines) is 1. The van der Waals surface area contributed by atoms with Crippen LogP contribution in [-0.2, 0) is 22.7 Å². The molecule has 4 aromatic rings. The number of hydrogen-bond acceptors (Lipinski definition) is 8. The summed E-state index contributed by atoms with van der Waals surface area (Å²) < 4.78 is 19.6. The Morgan fingerprint density at radius 1 is 1.00 bits per heavy atom. The smallest absolute Gasteiger partial charge is 0.258 e. The van der Waals surface area contributed by atoms with E-state index >= 15 is 0 Å². The van der Waals surface area contributed by atoms with Crippen molar-refractivity contribution in [3.8, 4) is 28.4 Å². The number of nitrogens with zero attached hydrogens (tertiary/aromatic N) is 4. The van der Waals surface area contributed by atoms with Crippen molar-refractivity contribution in [1.29, 1.82) is 0 Å². The van der Waals surface area contributed by atoms with Crippen molar-refractivity contribution in [2.45, 2.75) is 45.5 Å². The highest BCUT2D eigenvalue weighted by Crippen LogP contribution is 2.28. The number of benzene rings is 2. The minimum atomic E-state index is -0.535. The molecule has 238 valence electrons. The van der Waals surface area contributed by atoms with E-state index in [1.807, 2.05) is 42.8 Å². The third-order valence-electron chi connectivity index (χ3n) is 8.14. The van der Waals surface area contributed by atoms with Gasteiger partial charge in [0.2, 0.25) is 5.91 Å². The van der Waals surface area contributed by atoms with E-state index in [1.54, 1.807) is 48.5 Å². The predicted molar refractivity (Wildman–Crippen MR) is 169 cm³/mol. The fourth-order valence-electron chi connectivity index (χ4n) is 5.75. The maximum Gasteiger partial charge on any atom is 0.258 e. The minimum absolute atomic E-state index is 0.0575. The molecule has 2 atom stereocenters. The zero-order valence-corrected chi connectivity index (χ0v) is 26.0. The molecule has 0 aliphatic carbocycles. The van der Waals surface area contributed by atoms with Gasteiger partial charge in [-0.2, -0.15) is 5.10 Å². The van der Waals surface area contributed by atoms with Crippen molar-refractivity contribution >= 4 is 17.7 Å². The largest absolute Gasteiger partial charge is 0.496 e. The van der Waals surface area contributed by atoms with E-state index in [0.717, 1.165) is 22.5 Å². The molecule has 5 heterocycles. The van der Waals surface area contributed by atoms with Crippen molar-refractivity contribution in [3.05, 3.63) is 89.5 Å². The number of nitrogens with one attached hydrogen (secondary N) is 2. The molecule has 0 saturated carbocycles. The molecule has 3 aliphatic rings. The van der Waals surface area contributed by atoms with Gasteiger partial charge >= 0.3 is 0 Å². The Hall–Kier alpha value is -5.39. The molecule has 46 heavy (non-hydrogen) atoms. The lowest BCUT2D eigenvalue weighted by molar-refractivity contribution is -0.130. The highest BCUT2D eigenvalue weighted by atomic mass is 16.5. The second-order valence-electron chi connectivity index (χ2n) is 11.5. The normalized spacial score (nSPS) is 18.1. The van der Waals surface area contributed by atoms with E-state index in [4.69, 9.17) is 14.2 Å². The summed E-state index contributed by atoms with van der Waals surface area (Å²) in [4.78, 5) is 45.6. The molecule has 0 spiro atoms. The molecule has 12 nitrogen and oxygen atoms in total. The number of methoxy groups -OCH3 is 1. The van der Waals surface area contributed by atoms with Gasteiger partial charge in [-0.3, -0.25) is 24.0 Å². The summed E-state index contributed by atoms with van der Waals surface area (Å²) in [5, 5.41) is 10.4. The van der Waals surface area contributed by atoms with Gasteiger partial charge in [-0.05, 0) is 55.8 Å². The van der Waals surface area contributed by atoms with Crippen LogP contribution in [0.2, 0.25) is 0 Å². The molecular formula is C34H36N6O6. The first kappa shape index (κ1) is 30.6. The standard InChI is InChI=1S/C34H36N6O6/c1-21-11-22(2)40(38-21)10-9-33(42)39-18-29-31(19-39)46-28-8-7-24(30(14-28)44-3)17-36-32(41)20-45-27-6-4-5-23(13-27)25-12-26(16-35-15-25)34(43)37-29/h4-8,11-16,29,31H,9-10,17-20H2,1-3H3,(H,36,41)(H,37,43)/t29-,31-/m0/s1. The van der Waals surface area contributed by atoms with Gasteiger partial charge in [-0.1, -0.05) is 12.1 Å². The molecular weight excluding hydrogens is 588 g/mol. The molecule has 3 aliphatic heterocycles. The number of hydrogen-bond donors (Lipinski definition) is 2. The van der Waals surface area contributed by atoms with Crippen LogP contribution in [0.4, 0.5) is 0 Å². The van der Waals surface area contributed by atoms with Crippen LogP contribution in [0.25, 0.3) is 11.1 Å². The summed E-state index contributed by atoms with van der Waals surface area (Å²) in [5.74, 6) is 0.855. The summed E-state index contributed by atoms with van der Waals surface area (Å²) in [6.07, 6.45) is 2.89. The van der Waals surface area contributed by atoms with Crippen LogP contribution < -0.4 is 24.8 Å². The summed E-state index contributed by atoms with van der Waals surface area (Å²) in [6.45, 7) is 4.96. The Labute approximate surface area is 266 Å². The van der Waals surface area contributed by atoms with Crippen molar-refractivity contribution in [3.63, 3.8) is 0 Å². The average molecular weight is 625 g/mol. The van der Waals surface area contributed by atoms with Gasteiger partial charge in [0.1, 0.15) is 23.4 Å². The van der Waals surface area contributed by atoms with Crippen LogP contribution in [0.5, 0.6) is 17.2 Å². The number of amides is 3. The predicted octanol–water partition coefficient (Wildman–Crippen LogP) is 3.06. The Balaban J connectivity index is 1.28. The molecule has 1 saturated heterocycles. The third-order valence-corrected chi connectivity index (χ3v) is 8.14. The Morgan fingerprint density at radius 3 is 2.65 bits per heavy atom. The van der Waals surface area contributed by atoms with E-state index in [-0.39, 0.29) is 50.4 Å². The second kappa shape index (κ2) is 13.3. The Bertz CT molecular complexity index is 1770. The average Bonchev–Trinajstić information content (AvgIpc) is 3.61. The van der Waals surface area contributed by atoms with E-state index in [2.05, 4.69) is 20.7 Å². The van der Waals surface area contributed by atoms with Gasteiger partial charge in [0, 0.05) is 61.3 Å². The number of aryl methyl sites for hydroxylation is 3. The van der Waals surface area contributed by atoms with Gasteiger partial charge in [0.05, 0.1) is 31.0 Å². The number of carbonyl (C=O) groups is 3. The van der Waals surface area contributed by atoms with Crippen LogP contribution in [0.3, 0.4) is 0 Å². The van der Waals surface area contributed by atoms with Crippen LogP contribution in [0, 0.1) is 13.8 Å². The Kier molecular flexibility index (Phi) is 8.86. The summed E-state index contributed by atoms with van der Waals surface area (Å²) in [7, 11) is 1.54. The second-order valence-corrected chi connectivity index (χ2v) is 11.5. The molecule has 12 heteroatoms. The highest BCUT2D eigenvalue weighted by Gasteiger charge is 2.38. The summed E-state index contributed by atoms with van der Waals surface area (Å²) in [5.41, 5.74) is 4.49. The monoisotopic (exact) mass is 624 g/mol. The lowest BCUT2D eigenvalue weighted by Gasteiger charge is -2.22. The SMILES string of the molecule is COc1cc2ccc1CNC(=O)COc1cccc(c1)-c1cncc(c1)C(=O)N[C@H]1CN(C(=O)CCn3nc(C)cc3C)C[C@@H]1O2. The minimum Gasteiger partial charge on any atom is -0.496 e. The number of pyridine rings is 1. The maximum atomic E-state index is 13.6. The van der Waals surface area contributed by atoms with Crippen LogP contribution in [0.1, 0.15) is 33.7 Å². The van der Waals surface area contributed by atoms with E-state index in [1.165, 1.54) is 6.20 Å². The van der Waals surface area contributed by atoms with Crippen LogP contribution in [-0.4, -0.2) is 76.3 Å². The van der Waals surface area contributed by atoms with Crippen molar-refractivity contribution in [2.75, 3.05) is 26.8 Å². The van der Waals surface area contributed by atoms with Crippen LogP contribution in [0.15, 0.2) is 67.0 Å². The summed E-state index contributed by atoms with van der Waals surface area (Å²) in [6, 6.07) is 15.8. The molecule has 2 N–H and O–H groups in total. The van der Waals surface area contributed by atoms with Crippen molar-refractivity contribution < 1.29 is 28.6 Å². The van der Waals surface area contributed by atoms with E-state index in [9.17, 15) is 14.4 Å². The third kappa shape index (κ3) is 6.96. The first-order valence-electron chi connectivity index (χ1n) is 15.1. The summed E-state index contributed by atoms with van der Waals surface area (Å²) >= 11 is 0. The topological polar surface area (TPSA) is 137 Å². The fraction of sp³-hybridized carbons (Fsp3) is 0.324. The van der Waals surface area contributed by atoms with Gasteiger partial charge in [0.25, 0.3) is 11.8 Å². The van der Waals surface area contributed by atoms with Gasteiger partial charge < -0.3 is 29.7 Å². The first-order chi connectivity index (χ1) is 22.2. The number of ether oxygens (including phenoxy) is 3. The van der Waals surface area contributed by atoms with Crippen molar-refractivity contribution in [2.24, 2.45) is 0 Å².